The average Bonchev–Trinajstić information content (AvgIpc) is 3.31. The van der Waals surface area contributed by atoms with Gasteiger partial charge in [0.2, 0.25) is 17.7 Å². The third kappa shape index (κ3) is 2.49. The lowest BCUT2D eigenvalue weighted by atomic mass is 9.85. The molecule has 3 amide bonds. The van der Waals surface area contributed by atoms with Gasteiger partial charge in [-0.3, -0.25) is 19.3 Å². The standard InChI is InChI=1S/C20H21ClN2O3/c1-11(14-5-3-4-6-15(14)21)22(2)16(24)10-23-19(25)17-12-7-8-13(9-12)18(17)20(23)26/h3-8,11-13,17-18H,9-10H2,1-2H3. The number of hydrogen-bond acceptors (Lipinski definition) is 3. The summed E-state index contributed by atoms with van der Waals surface area (Å²) in [7, 11) is 1.67. The van der Waals surface area contributed by atoms with Crippen molar-refractivity contribution in [1.29, 1.82) is 0 Å². The number of carbonyl (C=O) groups is 3. The van der Waals surface area contributed by atoms with Gasteiger partial charge in [-0.15, -0.1) is 0 Å². The molecule has 1 heterocycles. The van der Waals surface area contributed by atoms with Crippen molar-refractivity contribution in [1.82, 2.24) is 9.80 Å². The molecule has 6 heteroatoms. The molecule has 0 radical (unpaired) electrons. The number of hydrogen-bond donors (Lipinski definition) is 0. The number of allylic oxidation sites excluding steroid dienone is 2. The molecule has 0 spiro atoms. The lowest BCUT2D eigenvalue weighted by Crippen LogP contribution is -2.43. The maximum Gasteiger partial charge on any atom is 0.242 e. The van der Waals surface area contributed by atoms with Gasteiger partial charge in [-0.2, -0.15) is 0 Å². The van der Waals surface area contributed by atoms with E-state index in [0.29, 0.717) is 5.02 Å². The number of imide groups is 1. The first-order valence-corrected chi connectivity index (χ1v) is 9.31. The van der Waals surface area contributed by atoms with E-state index >= 15 is 0 Å². The first-order valence-electron chi connectivity index (χ1n) is 8.93. The molecule has 1 aliphatic heterocycles. The van der Waals surface area contributed by atoms with Crippen molar-refractivity contribution >= 4 is 29.3 Å². The fourth-order valence-electron chi connectivity index (χ4n) is 4.61. The zero-order valence-electron chi connectivity index (χ0n) is 14.8. The lowest BCUT2D eigenvalue weighted by Gasteiger charge is -2.28. The van der Waals surface area contributed by atoms with E-state index in [2.05, 4.69) is 0 Å². The van der Waals surface area contributed by atoms with Crippen LogP contribution in [0.4, 0.5) is 0 Å². The molecular weight excluding hydrogens is 352 g/mol. The number of benzene rings is 1. The Bertz CT molecular complexity index is 791. The average molecular weight is 373 g/mol. The lowest BCUT2D eigenvalue weighted by molar-refractivity contribution is -0.147. The maximum atomic E-state index is 12.7. The summed E-state index contributed by atoms with van der Waals surface area (Å²) in [5.74, 6) is -0.872. The molecule has 136 valence electrons. The summed E-state index contributed by atoms with van der Waals surface area (Å²) >= 11 is 6.22. The van der Waals surface area contributed by atoms with Gasteiger partial charge in [0.1, 0.15) is 6.54 Å². The quantitative estimate of drug-likeness (QED) is 0.603. The van der Waals surface area contributed by atoms with Crippen LogP contribution in [-0.4, -0.2) is 41.1 Å². The summed E-state index contributed by atoms with van der Waals surface area (Å²) in [5, 5.41) is 0.588. The van der Waals surface area contributed by atoms with E-state index < -0.39 is 0 Å². The fraction of sp³-hybridized carbons (Fsp3) is 0.450. The predicted octanol–water partition coefficient (Wildman–Crippen LogP) is 2.67. The van der Waals surface area contributed by atoms with Crippen LogP contribution in [0.2, 0.25) is 5.02 Å². The second kappa shape index (κ2) is 6.23. The van der Waals surface area contributed by atoms with Gasteiger partial charge >= 0.3 is 0 Å². The van der Waals surface area contributed by atoms with Crippen LogP contribution in [0.15, 0.2) is 36.4 Å². The van der Waals surface area contributed by atoms with Crippen LogP contribution in [0.5, 0.6) is 0 Å². The van der Waals surface area contributed by atoms with E-state index in [4.69, 9.17) is 11.6 Å². The normalized spacial score (nSPS) is 30.0. The number of carbonyl (C=O) groups excluding carboxylic acids is 3. The fourth-order valence-corrected chi connectivity index (χ4v) is 4.90. The maximum absolute atomic E-state index is 12.7. The summed E-state index contributed by atoms with van der Waals surface area (Å²) in [6, 6.07) is 7.11. The third-order valence-electron chi connectivity index (χ3n) is 6.18. The van der Waals surface area contributed by atoms with E-state index in [-0.39, 0.29) is 54.0 Å². The number of halogens is 1. The van der Waals surface area contributed by atoms with Gasteiger partial charge in [0.15, 0.2) is 0 Å². The monoisotopic (exact) mass is 372 g/mol. The van der Waals surface area contributed by atoms with Crippen molar-refractivity contribution in [2.24, 2.45) is 23.7 Å². The molecule has 2 fully saturated rings. The van der Waals surface area contributed by atoms with Gasteiger partial charge < -0.3 is 4.90 Å². The van der Waals surface area contributed by atoms with Gasteiger partial charge in [-0.05, 0) is 36.8 Å². The van der Waals surface area contributed by atoms with Crippen LogP contribution in [-0.2, 0) is 14.4 Å². The smallest absolute Gasteiger partial charge is 0.242 e. The highest BCUT2D eigenvalue weighted by atomic mass is 35.5. The molecule has 2 aliphatic carbocycles. The Kier molecular flexibility index (Phi) is 4.14. The number of rotatable bonds is 4. The molecule has 1 saturated carbocycles. The Hall–Kier alpha value is -2.14. The number of fused-ring (bicyclic) bond motifs is 5. The predicted molar refractivity (Wildman–Crippen MR) is 97.1 cm³/mol. The highest BCUT2D eigenvalue weighted by Crippen LogP contribution is 2.52. The van der Waals surface area contributed by atoms with Crippen LogP contribution in [0.3, 0.4) is 0 Å². The van der Waals surface area contributed by atoms with Crippen molar-refractivity contribution in [3.8, 4) is 0 Å². The minimum Gasteiger partial charge on any atom is -0.337 e. The Labute approximate surface area is 157 Å². The Morgan fingerprint density at radius 1 is 1.19 bits per heavy atom. The van der Waals surface area contributed by atoms with Gasteiger partial charge in [-0.25, -0.2) is 0 Å². The van der Waals surface area contributed by atoms with E-state index in [1.807, 2.05) is 37.3 Å². The number of likely N-dealkylation sites (tertiary alicyclic amines) is 1. The van der Waals surface area contributed by atoms with E-state index in [0.717, 1.165) is 12.0 Å². The van der Waals surface area contributed by atoms with Crippen LogP contribution >= 0.6 is 11.6 Å². The van der Waals surface area contributed by atoms with Crippen LogP contribution in [0, 0.1) is 23.7 Å². The van der Waals surface area contributed by atoms with Gasteiger partial charge in [0.05, 0.1) is 17.9 Å². The van der Waals surface area contributed by atoms with Gasteiger partial charge in [0, 0.05) is 12.1 Å². The van der Waals surface area contributed by atoms with E-state index in [1.54, 1.807) is 18.0 Å². The molecule has 2 bridgehead atoms. The van der Waals surface area contributed by atoms with Gasteiger partial charge in [-0.1, -0.05) is 42.0 Å². The minimum absolute atomic E-state index is 0.154. The number of nitrogens with zero attached hydrogens (tertiary/aromatic N) is 2. The molecule has 0 aromatic heterocycles. The van der Waals surface area contributed by atoms with E-state index in [1.165, 1.54) is 4.90 Å². The molecule has 5 atom stereocenters. The first-order chi connectivity index (χ1) is 12.4. The SMILES string of the molecule is CC(c1ccccc1Cl)N(C)C(=O)CN1C(=O)C2C3C=CC(C3)C2C1=O. The van der Waals surface area contributed by atoms with Crippen molar-refractivity contribution in [2.45, 2.75) is 19.4 Å². The largest absolute Gasteiger partial charge is 0.337 e. The van der Waals surface area contributed by atoms with Crippen molar-refractivity contribution in [2.75, 3.05) is 13.6 Å². The Morgan fingerprint density at radius 3 is 2.35 bits per heavy atom. The molecule has 0 N–H and O–H groups in total. The summed E-state index contributed by atoms with van der Waals surface area (Å²) in [5.41, 5.74) is 0.836. The molecule has 1 aromatic carbocycles. The molecule has 26 heavy (non-hydrogen) atoms. The summed E-state index contributed by atoms with van der Waals surface area (Å²) < 4.78 is 0. The Balaban J connectivity index is 1.48. The molecule has 5 nitrogen and oxygen atoms in total. The minimum atomic E-state index is -0.267. The summed E-state index contributed by atoms with van der Waals surface area (Å²) in [6.07, 6.45) is 4.99. The van der Waals surface area contributed by atoms with Gasteiger partial charge in [0.25, 0.3) is 0 Å². The highest BCUT2D eigenvalue weighted by molar-refractivity contribution is 6.31. The molecular formula is C20H21ClN2O3. The third-order valence-corrected chi connectivity index (χ3v) is 6.53. The molecule has 4 rings (SSSR count). The van der Waals surface area contributed by atoms with Crippen molar-refractivity contribution in [3.05, 3.63) is 47.0 Å². The van der Waals surface area contributed by atoms with Crippen molar-refractivity contribution in [3.63, 3.8) is 0 Å². The number of likely N-dealkylation sites (N-methyl/N-ethyl adjacent to an activating group) is 1. The second-order valence-corrected chi connectivity index (χ2v) is 7.87. The van der Waals surface area contributed by atoms with E-state index in [9.17, 15) is 14.4 Å². The second-order valence-electron chi connectivity index (χ2n) is 7.46. The summed E-state index contributed by atoms with van der Waals surface area (Å²) in [6.45, 7) is 1.68. The molecule has 1 saturated heterocycles. The molecule has 3 aliphatic rings. The number of amides is 3. The molecule has 5 unspecified atom stereocenters. The van der Waals surface area contributed by atoms with Crippen LogP contribution in [0.1, 0.15) is 24.9 Å². The summed E-state index contributed by atoms with van der Waals surface area (Å²) in [4.78, 5) is 40.9. The Morgan fingerprint density at radius 2 is 1.77 bits per heavy atom. The van der Waals surface area contributed by atoms with Crippen LogP contribution < -0.4 is 0 Å². The zero-order chi connectivity index (χ0) is 18.6. The topological polar surface area (TPSA) is 57.7 Å². The first kappa shape index (κ1) is 17.3. The highest BCUT2D eigenvalue weighted by Gasteiger charge is 2.59. The van der Waals surface area contributed by atoms with Crippen LogP contribution in [0.25, 0.3) is 0 Å². The zero-order valence-corrected chi connectivity index (χ0v) is 15.5. The van der Waals surface area contributed by atoms with Crippen molar-refractivity contribution < 1.29 is 14.4 Å². The molecule has 1 aromatic rings.